The first-order valence-electron chi connectivity index (χ1n) is 3.82. The van der Waals surface area contributed by atoms with Crippen LogP contribution >= 0.6 is 0 Å². The van der Waals surface area contributed by atoms with Gasteiger partial charge in [0, 0.05) is 6.42 Å². The maximum Gasteiger partial charge on any atom is 0.113 e. The zero-order valence-electron chi connectivity index (χ0n) is 6.79. The zero-order valence-corrected chi connectivity index (χ0v) is 6.79. The minimum Gasteiger partial charge on any atom is -0.491 e. The van der Waals surface area contributed by atoms with Crippen LogP contribution < -0.4 is 0 Å². The molecule has 0 saturated heterocycles. The van der Waals surface area contributed by atoms with Gasteiger partial charge in [0.05, 0.1) is 0 Å². The Balaban J connectivity index is 2.41. The molecule has 0 aromatic rings. The third-order valence-electron chi connectivity index (χ3n) is 1.51. The van der Waals surface area contributed by atoms with Crippen molar-refractivity contribution in [2.45, 2.75) is 19.4 Å². The number of hydrogen-bond donors (Lipinski definition) is 0. The van der Waals surface area contributed by atoms with Crippen LogP contribution in [0.3, 0.4) is 0 Å². The van der Waals surface area contributed by atoms with E-state index in [-0.39, 0.29) is 6.10 Å². The summed E-state index contributed by atoms with van der Waals surface area (Å²) < 4.78 is 5.48. The van der Waals surface area contributed by atoms with Crippen LogP contribution in [-0.4, -0.2) is 6.10 Å². The molecule has 1 heteroatoms. The summed E-state index contributed by atoms with van der Waals surface area (Å²) in [4.78, 5) is 0. The first kappa shape index (κ1) is 8.12. The summed E-state index contributed by atoms with van der Waals surface area (Å²) in [6, 6.07) is 0. The third kappa shape index (κ3) is 2.62. The van der Waals surface area contributed by atoms with Gasteiger partial charge in [-0.3, -0.25) is 0 Å². The van der Waals surface area contributed by atoms with Crippen molar-refractivity contribution >= 4 is 0 Å². The van der Waals surface area contributed by atoms with Gasteiger partial charge in [0.1, 0.15) is 11.9 Å². The second-order valence-electron chi connectivity index (χ2n) is 2.50. The van der Waals surface area contributed by atoms with Crippen LogP contribution in [0, 0.1) is 6.42 Å². The molecule has 0 aromatic carbocycles. The Kier molecular flexibility index (Phi) is 2.96. The normalized spacial score (nSPS) is 18.8. The molecule has 59 valence electrons. The van der Waals surface area contributed by atoms with Gasteiger partial charge in [0.25, 0.3) is 0 Å². The summed E-state index contributed by atoms with van der Waals surface area (Å²) in [6.07, 6.45) is 11.0. The standard InChI is InChI=1S/C10H13O/c1-3-9(2)11-10-7-5-4-6-8-10/h3-5,7-9H,1,6H2,2H3. The van der Waals surface area contributed by atoms with Crippen LogP contribution in [0.15, 0.2) is 36.6 Å². The lowest BCUT2D eigenvalue weighted by atomic mass is 10.1. The average Bonchev–Trinajstić information content (AvgIpc) is 2.06. The highest BCUT2D eigenvalue weighted by atomic mass is 16.5. The Hall–Kier alpha value is -0.980. The lowest BCUT2D eigenvalue weighted by molar-refractivity contribution is 0.175. The van der Waals surface area contributed by atoms with E-state index in [1.54, 1.807) is 6.08 Å². The lowest BCUT2D eigenvalue weighted by Gasteiger charge is -2.14. The molecule has 1 aliphatic rings. The van der Waals surface area contributed by atoms with E-state index in [9.17, 15) is 0 Å². The fraction of sp³-hybridized carbons (Fsp3) is 0.300. The van der Waals surface area contributed by atoms with Crippen LogP contribution in [0.25, 0.3) is 0 Å². The van der Waals surface area contributed by atoms with Gasteiger partial charge in [0.2, 0.25) is 0 Å². The second kappa shape index (κ2) is 4.02. The van der Waals surface area contributed by atoms with E-state index >= 15 is 0 Å². The highest BCUT2D eigenvalue weighted by molar-refractivity contribution is 5.21. The van der Waals surface area contributed by atoms with Crippen molar-refractivity contribution in [3.8, 4) is 0 Å². The van der Waals surface area contributed by atoms with E-state index in [1.165, 1.54) is 0 Å². The predicted octanol–water partition coefficient (Wildman–Crippen LogP) is 2.63. The van der Waals surface area contributed by atoms with Crippen molar-refractivity contribution in [3.63, 3.8) is 0 Å². The number of hydrogen-bond acceptors (Lipinski definition) is 1. The maximum absolute atomic E-state index is 5.48. The van der Waals surface area contributed by atoms with Crippen LogP contribution in [-0.2, 0) is 4.74 Å². The molecule has 11 heavy (non-hydrogen) atoms. The topological polar surface area (TPSA) is 9.23 Å². The predicted molar refractivity (Wildman–Crippen MR) is 46.9 cm³/mol. The van der Waals surface area contributed by atoms with Gasteiger partial charge in [-0.15, -0.1) is 0 Å². The fourth-order valence-corrected chi connectivity index (χ4v) is 0.844. The zero-order chi connectivity index (χ0) is 8.10. The van der Waals surface area contributed by atoms with Crippen molar-refractivity contribution < 1.29 is 4.74 Å². The first-order valence-corrected chi connectivity index (χ1v) is 3.82. The second-order valence-corrected chi connectivity index (χ2v) is 2.50. The molecule has 0 bridgehead atoms. The van der Waals surface area contributed by atoms with E-state index in [4.69, 9.17) is 4.74 Å². The molecule has 1 atom stereocenters. The molecule has 0 aliphatic heterocycles. The molecule has 0 spiro atoms. The highest BCUT2D eigenvalue weighted by Crippen LogP contribution is 2.13. The molecule has 1 rings (SSSR count). The van der Waals surface area contributed by atoms with Crippen molar-refractivity contribution in [1.82, 2.24) is 0 Å². The van der Waals surface area contributed by atoms with Crippen LogP contribution in [0.1, 0.15) is 13.3 Å². The van der Waals surface area contributed by atoms with Crippen molar-refractivity contribution in [2.24, 2.45) is 0 Å². The van der Waals surface area contributed by atoms with Crippen LogP contribution in [0.5, 0.6) is 0 Å². The SMILES string of the molecule is C=CC(C)OC1=CC=CC[CH]1. The lowest BCUT2D eigenvalue weighted by Crippen LogP contribution is -2.04. The minimum absolute atomic E-state index is 0.101. The molecule has 0 N–H and O–H groups in total. The van der Waals surface area contributed by atoms with Gasteiger partial charge in [-0.05, 0) is 19.4 Å². The minimum atomic E-state index is 0.101. The molecule has 0 fully saturated rings. The summed E-state index contributed by atoms with van der Waals surface area (Å²) in [5.41, 5.74) is 0. The summed E-state index contributed by atoms with van der Waals surface area (Å²) in [5, 5.41) is 0. The van der Waals surface area contributed by atoms with E-state index in [0.717, 1.165) is 12.2 Å². The smallest absolute Gasteiger partial charge is 0.113 e. The monoisotopic (exact) mass is 149 g/mol. The van der Waals surface area contributed by atoms with Gasteiger partial charge in [-0.25, -0.2) is 0 Å². The quantitative estimate of drug-likeness (QED) is 0.560. The van der Waals surface area contributed by atoms with E-state index in [0.29, 0.717) is 0 Å². The average molecular weight is 149 g/mol. The van der Waals surface area contributed by atoms with Crippen molar-refractivity contribution in [3.05, 3.63) is 43.1 Å². The molecule has 0 aromatic heterocycles. The summed E-state index contributed by atoms with van der Waals surface area (Å²) in [7, 11) is 0. The highest BCUT2D eigenvalue weighted by Gasteiger charge is 2.03. The third-order valence-corrected chi connectivity index (χ3v) is 1.51. The van der Waals surface area contributed by atoms with Gasteiger partial charge < -0.3 is 4.74 Å². The summed E-state index contributed by atoms with van der Waals surface area (Å²) in [6.45, 7) is 5.61. The molecule has 1 aliphatic carbocycles. The van der Waals surface area contributed by atoms with Crippen LogP contribution in [0.2, 0.25) is 0 Å². The summed E-state index contributed by atoms with van der Waals surface area (Å²) >= 11 is 0. The first-order chi connectivity index (χ1) is 5.33. The molecule has 1 unspecified atom stereocenters. The van der Waals surface area contributed by atoms with Gasteiger partial charge in [0.15, 0.2) is 0 Å². The van der Waals surface area contributed by atoms with E-state index < -0.39 is 0 Å². The maximum atomic E-state index is 5.48. The Bertz CT molecular complexity index is 189. The Morgan fingerprint density at radius 3 is 3.09 bits per heavy atom. The molecule has 1 radical (unpaired) electrons. The van der Waals surface area contributed by atoms with Crippen molar-refractivity contribution in [1.29, 1.82) is 0 Å². The van der Waals surface area contributed by atoms with Crippen molar-refractivity contribution in [2.75, 3.05) is 0 Å². The van der Waals surface area contributed by atoms with Crippen LogP contribution in [0.4, 0.5) is 0 Å². The molecular formula is C10H13O. The number of rotatable bonds is 3. The molecule has 0 heterocycles. The van der Waals surface area contributed by atoms with Gasteiger partial charge in [-0.2, -0.15) is 0 Å². The fourth-order valence-electron chi connectivity index (χ4n) is 0.844. The van der Waals surface area contributed by atoms with E-state index in [1.807, 2.05) is 19.1 Å². The molecule has 0 saturated carbocycles. The molecular weight excluding hydrogens is 136 g/mol. The Labute approximate surface area is 68.1 Å². The largest absolute Gasteiger partial charge is 0.491 e. The summed E-state index contributed by atoms with van der Waals surface area (Å²) in [5.74, 6) is 0.944. The molecule has 1 nitrogen and oxygen atoms in total. The van der Waals surface area contributed by atoms with E-state index in [2.05, 4.69) is 19.1 Å². The van der Waals surface area contributed by atoms with Gasteiger partial charge >= 0.3 is 0 Å². The number of ether oxygens (including phenoxy) is 1. The Morgan fingerprint density at radius 1 is 1.73 bits per heavy atom. The van der Waals surface area contributed by atoms with Gasteiger partial charge in [-0.1, -0.05) is 24.8 Å². The number of allylic oxidation sites excluding steroid dienone is 4. The Morgan fingerprint density at radius 2 is 2.55 bits per heavy atom. The molecule has 0 amide bonds.